The fraction of sp³-hybridized carbons (Fsp3) is 0.909. The summed E-state index contributed by atoms with van der Waals surface area (Å²) in [6, 6.07) is 0. The predicted molar refractivity (Wildman–Crippen MR) is 107 cm³/mol. The molecular weight excluding hydrogens is 328 g/mol. The van der Waals surface area contributed by atoms with Crippen LogP contribution < -0.4 is 0 Å². The van der Waals surface area contributed by atoms with Crippen molar-refractivity contribution >= 4 is 11.9 Å². The second-order valence-electron chi connectivity index (χ2n) is 7.45. The molecule has 0 aromatic rings. The molecule has 0 aliphatic carbocycles. The number of carbonyl (C=O) groups excluding carboxylic acids is 1. The molecule has 0 heterocycles. The average molecular weight is 371 g/mol. The van der Waals surface area contributed by atoms with Crippen molar-refractivity contribution < 1.29 is 19.4 Å². The van der Waals surface area contributed by atoms with Gasteiger partial charge < -0.3 is 9.84 Å². The van der Waals surface area contributed by atoms with Crippen molar-refractivity contribution in [2.75, 3.05) is 0 Å². The number of carbonyl (C=O) groups is 2. The minimum Gasteiger partial charge on any atom is -0.479 e. The highest BCUT2D eigenvalue weighted by molar-refractivity contribution is 5.77. The number of rotatable bonds is 19. The summed E-state index contributed by atoms with van der Waals surface area (Å²) in [5.74, 6) is -1.37. The Morgan fingerprint density at radius 1 is 0.692 bits per heavy atom. The lowest BCUT2D eigenvalue weighted by atomic mass is 10.1. The van der Waals surface area contributed by atoms with Crippen LogP contribution in [0.25, 0.3) is 0 Å². The Bertz CT molecular complexity index is 341. The topological polar surface area (TPSA) is 63.6 Å². The molecule has 0 amide bonds. The monoisotopic (exact) mass is 370 g/mol. The van der Waals surface area contributed by atoms with Crippen molar-refractivity contribution in [1.82, 2.24) is 0 Å². The smallest absolute Gasteiger partial charge is 0.345 e. The van der Waals surface area contributed by atoms with Crippen LogP contribution in [0.2, 0.25) is 0 Å². The number of hydrogen-bond acceptors (Lipinski definition) is 3. The van der Waals surface area contributed by atoms with Gasteiger partial charge in [-0.15, -0.1) is 0 Å². The lowest BCUT2D eigenvalue weighted by molar-refractivity contribution is -0.164. The Labute approximate surface area is 161 Å². The van der Waals surface area contributed by atoms with Crippen LogP contribution in [0.3, 0.4) is 0 Å². The van der Waals surface area contributed by atoms with Crippen LogP contribution >= 0.6 is 0 Å². The number of aliphatic carboxylic acids is 1. The van der Waals surface area contributed by atoms with Gasteiger partial charge in [-0.2, -0.15) is 0 Å². The van der Waals surface area contributed by atoms with Crippen molar-refractivity contribution in [3.8, 4) is 0 Å². The minimum absolute atomic E-state index is 0.342. The third-order valence-electron chi connectivity index (χ3n) is 4.85. The van der Waals surface area contributed by atoms with Crippen molar-refractivity contribution in [3.63, 3.8) is 0 Å². The third kappa shape index (κ3) is 16.4. The van der Waals surface area contributed by atoms with Gasteiger partial charge in [-0.3, -0.25) is 4.79 Å². The summed E-state index contributed by atoms with van der Waals surface area (Å²) in [6.07, 6.45) is 17.1. The van der Waals surface area contributed by atoms with E-state index in [1.165, 1.54) is 57.8 Å². The van der Waals surface area contributed by atoms with Gasteiger partial charge in [0.05, 0.1) is 0 Å². The van der Waals surface area contributed by atoms with Gasteiger partial charge in [0.15, 0.2) is 6.10 Å². The van der Waals surface area contributed by atoms with Gasteiger partial charge in [-0.1, -0.05) is 97.3 Å². The molecule has 1 N–H and O–H groups in total. The van der Waals surface area contributed by atoms with E-state index in [4.69, 9.17) is 4.74 Å². The SMILES string of the molecule is CCCCCCCCCCC(OC(=O)CCCCCCCCC)C(=O)O. The Balaban J connectivity index is 3.70. The molecule has 0 radical (unpaired) electrons. The second-order valence-corrected chi connectivity index (χ2v) is 7.45. The largest absolute Gasteiger partial charge is 0.479 e. The molecule has 0 aromatic carbocycles. The van der Waals surface area contributed by atoms with Crippen LogP contribution in [0.5, 0.6) is 0 Å². The lowest BCUT2D eigenvalue weighted by Gasteiger charge is -2.13. The molecule has 1 atom stereocenters. The molecule has 0 aliphatic heterocycles. The van der Waals surface area contributed by atoms with Crippen LogP contribution in [0.1, 0.15) is 123 Å². The Morgan fingerprint density at radius 2 is 1.12 bits per heavy atom. The van der Waals surface area contributed by atoms with Crippen molar-refractivity contribution in [2.24, 2.45) is 0 Å². The summed E-state index contributed by atoms with van der Waals surface area (Å²) in [5.41, 5.74) is 0. The van der Waals surface area contributed by atoms with Gasteiger partial charge in [-0.25, -0.2) is 4.79 Å². The Hall–Kier alpha value is -1.06. The molecule has 0 saturated carbocycles. The molecule has 0 bridgehead atoms. The maximum absolute atomic E-state index is 11.8. The summed E-state index contributed by atoms with van der Waals surface area (Å²) in [5, 5.41) is 9.24. The zero-order valence-electron chi connectivity index (χ0n) is 17.3. The van der Waals surface area contributed by atoms with Gasteiger partial charge >= 0.3 is 11.9 Å². The zero-order chi connectivity index (χ0) is 19.5. The third-order valence-corrected chi connectivity index (χ3v) is 4.85. The number of ether oxygens (including phenoxy) is 1. The average Bonchev–Trinajstić information content (AvgIpc) is 2.62. The quantitative estimate of drug-likeness (QED) is 0.204. The Morgan fingerprint density at radius 3 is 1.58 bits per heavy atom. The van der Waals surface area contributed by atoms with E-state index in [-0.39, 0.29) is 5.97 Å². The highest BCUT2D eigenvalue weighted by Gasteiger charge is 2.21. The summed E-state index contributed by atoms with van der Waals surface area (Å²) >= 11 is 0. The van der Waals surface area contributed by atoms with Crippen molar-refractivity contribution in [1.29, 1.82) is 0 Å². The Kier molecular flexibility index (Phi) is 18.0. The molecule has 0 saturated heterocycles. The molecule has 154 valence electrons. The second kappa shape index (κ2) is 18.7. The number of carboxylic acids is 1. The predicted octanol–water partition coefficient (Wildman–Crippen LogP) is 6.65. The summed E-state index contributed by atoms with van der Waals surface area (Å²) in [6.45, 7) is 4.41. The fourth-order valence-corrected chi connectivity index (χ4v) is 3.14. The van der Waals surface area contributed by atoms with Crippen molar-refractivity contribution in [2.45, 2.75) is 129 Å². The van der Waals surface area contributed by atoms with Crippen LogP contribution in [0.15, 0.2) is 0 Å². The van der Waals surface area contributed by atoms with E-state index in [9.17, 15) is 14.7 Å². The first-order valence-corrected chi connectivity index (χ1v) is 11.0. The number of hydrogen-bond donors (Lipinski definition) is 1. The molecule has 4 heteroatoms. The first-order valence-electron chi connectivity index (χ1n) is 11.0. The van der Waals surface area contributed by atoms with E-state index >= 15 is 0 Å². The van der Waals surface area contributed by atoms with Gasteiger partial charge in [-0.05, 0) is 19.3 Å². The maximum atomic E-state index is 11.8. The normalized spacial score (nSPS) is 12.1. The molecule has 0 fully saturated rings. The molecular formula is C22H42O4. The number of unbranched alkanes of at least 4 members (excludes halogenated alkanes) is 13. The standard InChI is InChI=1S/C22H42O4/c1-3-5-7-9-11-13-14-16-18-20(22(24)25)26-21(23)19-17-15-12-10-8-6-4-2/h20H,3-19H2,1-2H3,(H,24,25). The first kappa shape index (κ1) is 24.9. The van der Waals surface area contributed by atoms with E-state index in [1.807, 2.05) is 0 Å². The van der Waals surface area contributed by atoms with Gasteiger partial charge in [0.2, 0.25) is 0 Å². The van der Waals surface area contributed by atoms with E-state index in [1.54, 1.807) is 0 Å². The van der Waals surface area contributed by atoms with Crippen LogP contribution in [-0.4, -0.2) is 23.1 Å². The summed E-state index contributed by atoms with van der Waals surface area (Å²) < 4.78 is 5.18. The summed E-state index contributed by atoms with van der Waals surface area (Å²) in [4.78, 5) is 23.1. The summed E-state index contributed by atoms with van der Waals surface area (Å²) in [7, 11) is 0. The van der Waals surface area contributed by atoms with Crippen LogP contribution in [-0.2, 0) is 14.3 Å². The van der Waals surface area contributed by atoms with Gasteiger partial charge in [0, 0.05) is 6.42 Å². The maximum Gasteiger partial charge on any atom is 0.345 e. The molecule has 0 rings (SSSR count). The molecule has 1 unspecified atom stereocenters. The van der Waals surface area contributed by atoms with E-state index in [0.717, 1.165) is 38.5 Å². The van der Waals surface area contributed by atoms with Crippen LogP contribution in [0.4, 0.5) is 0 Å². The van der Waals surface area contributed by atoms with E-state index in [2.05, 4.69) is 13.8 Å². The van der Waals surface area contributed by atoms with Crippen molar-refractivity contribution in [3.05, 3.63) is 0 Å². The number of esters is 1. The fourth-order valence-electron chi connectivity index (χ4n) is 3.14. The first-order chi connectivity index (χ1) is 12.6. The highest BCUT2D eigenvalue weighted by Crippen LogP contribution is 2.14. The zero-order valence-corrected chi connectivity index (χ0v) is 17.3. The molecule has 0 aliphatic rings. The molecule has 4 nitrogen and oxygen atoms in total. The molecule has 26 heavy (non-hydrogen) atoms. The van der Waals surface area contributed by atoms with Crippen LogP contribution in [0, 0.1) is 0 Å². The van der Waals surface area contributed by atoms with Gasteiger partial charge in [0.25, 0.3) is 0 Å². The molecule has 0 aromatic heterocycles. The number of carboxylic acid groups (broad SMARTS) is 1. The highest BCUT2D eigenvalue weighted by atomic mass is 16.6. The molecule has 0 spiro atoms. The lowest BCUT2D eigenvalue weighted by Crippen LogP contribution is -2.27. The van der Waals surface area contributed by atoms with E-state index < -0.39 is 12.1 Å². The minimum atomic E-state index is -1.01. The van der Waals surface area contributed by atoms with Gasteiger partial charge in [0.1, 0.15) is 0 Å². The van der Waals surface area contributed by atoms with E-state index in [0.29, 0.717) is 12.8 Å².